The number of hydrogen-bond donors (Lipinski definition) is 0. The number of fused-ring (bicyclic) bond motifs is 1. The summed E-state index contributed by atoms with van der Waals surface area (Å²) in [6, 6.07) is 13.3. The van der Waals surface area contributed by atoms with Crippen molar-refractivity contribution >= 4 is 41.2 Å². The Hall–Kier alpha value is -3.29. The largest absolute Gasteiger partial charge is 0.462 e. The molecule has 2 amide bonds. The minimum absolute atomic E-state index is 0.0113. The van der Waals surface area contributed by atoms with Crippen molar-refractivity contribution in [2.24, 2.45) is 0 Å². The summed E-state index contributed by atoms with van der Waals surface area (Å²) >= 11 is 6.11. The second-order valence-electron chi connectivity index (χ2n) is 6.58. The van der Waals surface area contributed by atoms with Crippen molar-refractivity contribution in [3.63, 3.8) is 0 Å². The number of halogens is 1. The van der Waals surface area contributed by atoms with E-state index in [-0.39, 0.29) is 25.3 Å². The average Bonchev–Trinajstić information content (AvgIpc) is 3.01. The summed E-state index contributed by atoms with van der Waals surface area (Å²) in [4.78, 5) is 50.6. The van der Waals surface area contributed by atoms with E-state index in [0.29, 0.717) is 21.7 Å². The van der Waals surface area contributed by atoms with Crippen LogP contribution in [0.2, 0.25) is 5.02 Å². The summed E-state index contributed by atoms with van der Waals surface area (Å²) in [5.41, 5.74) is 0.981. The van der Waals surface area contributed by atoms with Crippen LogP contribution in [0.1, 0.15) is 33.2 Å². The second kappa shape index (κ2) is 10.1. The number of imide groups is 1. The number of ketones is 1. The molecule has 31 heavy (non-hydrogen) atoms. The number of rotatable bonds is 9. The monoisotopic (exact) mass is 441 g/mol. The van der Waals surface area contributed by atoms with Crippen LogP contribution in [0.25, 0.3) is 6.08 Å². The lowest BCUT2D eigenvalue weighted by Crippen LogP contribution is -2.33. The molecule has 0 unspecified atom stereocenters. The van der Waals surface area contributed by atoms with Gasteiger partial charge in [0.25, 0.3) is 11.8 Å². The maximum atomic E-state index is 12.6. The molecule has 0 radical (unpaired) electrons. The predicted octanol–water partition coefficient (Wildman–Crippen LogP) is 3.17. The number of amides is 2. The van der Waals surface area contributed by atoms with Crippen molar-refractivity contribution in [3.8, 4) is 0 Å². The molecule has 0 saturated carbocycles. The summed E-state index contributed by atoms with van der Waals surface area (Å²) in [5, 5.41) is 0.378. The highest BCUT2D eigenvalue weighted by Crippen LogP contribution is 2.22. The molecule has 0 atom stereocenters. The normalized spacial score (nSPS) is 13.4. The zero-order valence-corrected chi connectivity index (χ0v) is 17.6. The lowest BCUT2D eigenvalue weighted by Gasteiger charge is -2.14. The highest BCUT2D eigenvalue weighted by atomic mass is 35.5. The Kier molecular flexibility index (Phi) is 7.33. The number of carbonyl (C=O) groups excluding carboxylic acids is 4. The van der Waals surface area contributed by atoms with Gasteiger partial charge >= 0.3 is 5.97 Å². The first-order valence-electron chi connectivity index (χ1n) is 9.63. The van der Waals surface area contributed by atoms with Crippen molar-refractivity contribution < 1.29 is 28.7 Å². The first-order valence-corrected chi connectivity index (χ1v) is 10.0. The minimum Gasteiger partial charge on any atom is -0.462 e. The molecule has 0 saturated heterocycles. The van der Waals surface area contributed by atoms with Crippen LogP contribution in [-0.2, 0) is 19.1 Å². The predicted molar refractivity (Wildman–Crippen MR) is 114 cm³/mol. The van der Waals surface area contributed by atoms with Crippen molar-refractivity contribution in [1.82, 2.24) is 4.90 Å². The van der Waals surface area contributed by atoms with Gasteiger partial charge in [-0.1, -0.05) is 41.9 Å². The highest BCUT2D eigenvalue weighted by molar-refractivity contribution is 6.32. The highest BCUT2D eigenvalue weighted by Gasteiger charge is 2.34. The minimum atomic E-state index is -0.781. The summed E-state index contributed by atoms with van der Waals surface area (Å²) in [6.07, 6.45) is 1.36. The van der Waals surface area contributed by atoms with Gasteiger partial charge in [-0.2, -0.15) is 0 Å². The Bertz CT molecular complexity index is 1030. The Balaban J connectivity index is 1.62. The Morgan fingerprint density at radius 3 is 2.23 bits per heavy atom. The molecule has 0 aromatic heterocycles. The Morgan fingerprint density at radius 1 is 1.00 bits per heavy atom. The number of benzene rings is 2. The maximum absolute atomic E-state index is 12.6. The number of Topliss-reactive ketones (excluding diaryl/α,β-unsaturated/α-hetero) is 1. The number of nitrogens with zero attached hydrogens (tertiary/aromatic N) is 1. The van der Waals surface area contributed by atoms with Crippen molar-refractivity contribution in [3.05, 3.63) is 75.8 Å². The van der Waals surface area contributed by atoms with Gasteiger partial charge in [0.1, 0.15) is 12.2 Å². The molecule has 0 bridgehead atoms. The SMILES string of the molecule is CCOC(=O)/C(=C/c1ccccc1Cl)C(=O)COCCN1C(=O)c2ccccc2C1=O. The van der Waals surface area contributed by atoms with Crippen molar-refractivity contribution in [2.45, 2.75) is 6.92 Å². The first-order chi connectivity index (χ1) is 14.9. The van der Waals surface area contributed by atoms with Crippen LogP contribution in [-0.4, -0.2) is 54.8 Å². The third kappa shape index (κ3) is 5.07. The van der Waals surface area contributed by atoms with E-state index >= 15 is 0 Å². The molecule has 2 aromatic carbocycles. The van der Waals surface area contributed by atoms with Gasteiger partial charge in [0, 0.05) is 5.02 Å². The van der Waals surface area contributed by atoms with E-state index in [4.69, 9.17) is 21.1 Å². The molecule has 0 spiro atoms. The average molecular weight is 442 g/mol. The zero-order valence-electron chi connectivity index (χ0n) is 16.8. The van der Waals surface area contributed by atoms with Crippen LogP contribution in [0.4, 0.5) is 0 Å². The summed E-state index contributed by atoms with van der Waals surface area (Å²) < 4.78 is 10.3. The Morgan fingerprint density at radius 2 is 1.61 bits per heavy atom. The van der Waals surface area contributed by atoms with Gasteiger partial charge in [0.2, 0.25) is 0 Å². The maximum Gasteiger partial charge on any atom is 0.341 e. The lowest BCUT2D eigenvalue weighted by molar-refractivity contribution is -0.140. The molecule has 0 fully saturated rings. The Labute approximate surface area is 184 Å². The molecule has 160 valence electrons. The molecule has 1 aliphatic rings. The first kappa shape index (κ1) is 22.4. The topological polar surface area (TPSA) is 90.0 Å². The van der Waals surface area contributed by atoms with Gasteiger partial charge in [0.15, 0.2) is 5.78 Å². The lowest BCUT2D eigenvalue weighted by atomic mass is 10.1. The second-order valence-corrected chi connectivity index (χ2v) is 6.99. The molecular formula is C23H20ClNO6. The zero-order chi connectivity index (χ0) is 22.4. The van der Waals surface area contributed by atoms with Gasteiger partial charge in [-0.3, -0.25) is 19.3 Å². The van der Waals surface area contributed by atoms with Crippen molar-refractivity contribution in [2.75, 3.05) is 26.4 Å². The molecule has 2 aromatic rings. The standard InChI is InChI=1S/C23H20ClNO6/c1-2-31-23(29)18(13-15-7-3-6-10-19(15)24)20(26)14-30-12-11-25-21(27)16-8-4-5-9-17(16)22(25)28/h3-10,13H,2,11-12,14H2,1H3/b18-13+. The molecule has 7 nitrogen and oxygen atoms in total. The molecule has 0 N–H and O–H groups in total. The fourth-order valence-corrected chi connectivity index (χ4v) is 3.24. The van der Waals surface area contributed by atoms with E-state index in [2.05, 4.69) is 0 Å². The third-order valence-corrected chi connectivity index (χ3v) is 4.92. The third-order valence-electron chi connectivity index (χ3n) is 4.57. The van der Waals surface area contributed by atoms with Gasteiger partial charge in [0.05, 0.1) is 30.9 Å². The molecule has 1 aliphatic heterocycles. The van der Waals surface area contributed by atoms with Crippen molar-refractivity contribution in [1.29, 1.82) is 0 Å². The molecular weight excluding hydrogens is 422 g/mol. The molecule has 3 rings (SSSR count). The number of hydrogen-bond acceptors (Lipinski definition) is 6. The van der Waals surface area contributed by atoms with E-state index < -0.39 is 30.2 Å². The van der Waals surface area contributed by atoms with E-state index in [1.165, 1.54) is 6.08 Å². The van der Waals surface area contributed by atoms with Crippen LogP contribution in [0.3, 0.4) is 0 Å². The van der Waals surface area contributed by atoms with E-state index in [0.717, 1.165) is 4.90 Å². The number of esters is 1. The van der Waals surface area contributed by atoms with Gasteiger partial charge < -0.3 is 9.47 Å². The van der Waals surface area contributed by atoms with Crippen LogP contribution in [0, 0.1) is 0 Å². The smallest absolute Gasteiger partial charge is 0.341 e. The fraction of sp³-hybridized carbons (Fsp3) is 0.217. The fourth-order valence-electron chi connectivity index (χ4n) is 3.05. The van der Waals surface area contributed by atoms with Gasteiger partial charge in [-0.15, -0.1) is 0 Å². The van der Waals surface area contributed by atoms with Gasteiger partial charge in [-0.25, -0.2) is 4.79 Å². The number of carbonyl (C=O) groups is 4. The van der Waals surface area contributed by atoms with E-state index in [9.17, 15) is 19.2 Å². The van der Waals surface area contributed by atoms with E-state index in [1.807, 2.05) is 0 Å². The molecule has 8 heteroatoms. The summed E-state index contributed by atoms with van der Waals surface area (Å²) in [5.74, 6) is -2.18. The van der Waals surface area contributed by atoms with E-state index in [1.54, 1.807) is 55.5 Å². The summed E-state index contributed by atoms with van der Waals surface area (Å²) in [6.45, 7) is 1.25. The van der Waals surface area contributed by atoms with Crippen LogP contribution in [0.5, 0.6) is 0 Å². The molecule has 1 heterocycles. The molecule has 0 aliphatic carbocycles. The van der Waals surface area contributed by atoms with Crippen LogP contribution in [0.15, 0.2) is 54.1 Å². The van der Waals surface area contributed by atoms with Crippen LogP contribution < -0.4 is 0 Å². The quantitative estimate of drug-likeness (QED) is 0.148. The summed E-state index contributed by atoms with van der Waals surface area (Å²) in [7, 11) is 0. The number of ether oxygens (including phenoxy) is 2. The van der Waals surface area contributed by atoms with Gasteiger partial charge in [-0.05, 0) is 36.8 Å². The van der Waals surface area contributed by atoms with Crippen LogP contribution >= 0.6 is 11.6 Å².